The highest BCUT2D eigenvalue weighted by Gasteiger charge is 2.03. The smallest absolute Gasteiger partial charge is 0.160 e. The summed E-state index contributed by atoms with van der Waals surface area (Å²) in [6, 6.07) is 5.39. The van der Waals surface area contributed by atoms with Gasteiger partial charge in [-0.05, 0) is 25.1 Å². The first-order valence-corrected chi connectivity index (χ1v) is 4.34. The number of carbonyl (C=O) groups excluding carboxylic acids is 1. The second-order valence-electron chi connectivity index (χ2n) is 2.22. The minimum absolute atomic E-state index is 0.0440. The maximum absolute atomic E-state index is 10.9. The van der Waals surface area contributed by atoms with Crippen molar-refractivity contribution in [3.05, 3.63) is 28.2 Å². The normalized spacial score (nSPS) is 9.73. The summed E-state index contributed by atoms with van der Waals surface area (Å²) < 4.78 is 0.938. The van der Waals surface area contributed by atoms with E-state index in [0.717, 1.165) is 4.47 Å². The Hall–Kier alpha value is -0.280. The number of ketones is 1. The molecule has 0 N–H and O–H groups in total. The van der Waals surface area contributed by atoms with Crippen LogP contribution in [0.15, 0.2) is 27.6 Å². The van der Waals surface area contributed by atoms with Crippen LogP contribution in [0.2, 0.25) is 0 Å². The van der Waals surface area contributed by atoms with Gasteiger partial charge in [0.15, 0.2) is 5.78 Å². The lowest BCUT2D eigenvalue weighted by Gasteiger charge is -1.99. The number of hydrogen-bond acceptors (Lipinski definition) is 2. The van der Waals surface area contributed by atoms with Gasteiger partial charge in [0.25, 0.3) is 0 Å². The van der Waals surface area contributed by atoms with Crippen molar-refractivity contribution in [3.63, 3.8) is 0 Å². The number of rotatable bonds is 1. The van der Waals surface area contributed by atoms with Crippen LogP contribution in [-0.4, -0.2) is 5.78 Å². The van der Waals surface area contributed by atoms with E-state index in [4.69, 9.17) is 0 Å². The number of benzene rings is 1. The van der Waals surface area contributed by atoms with Crippen LogP contribution in [0.1, 0.15) is 17.3 Å². The molecular formula is C8H7BrOS. The third-order valence-electron chi connectivity index (χ3n) is 1.34. The highest BCUT2D eigenvalue weighted by Crippen LogP contribution is 2.19. The fourth-order valence-electron chi connectivity index (χ4n) is 0.803. The van der Waals surface area contributed by atoms with Crippen LogP contribution < -0.4 is 0 Å². The molecule has 1 nitrogen and oxygen atoms in total. The van der Waals surface area contributed by atoms with Crippen molar-refractivity contribution in [2.24, 2.45) is 0 Å². The molecule has 0 bridgehead atoms. The van der Waals surface area contributed by atoms with Crippen LogP contribution in [-0.2, 0) is 0 Å². The van der Waals surface area contributed by atoms with E-state index in [2.05, 4.69) is 28.6 Å². The average Bonchev–Trinajstić information content (AvgIpc) is 1.85. The van der Waals surface area contributed by atoms with Crippen molar-refractivity contribution >= 4 is 34.3 Å². The van der Waals surface area contributed by atoms with Gasteiger partial charge in [0.05, 0.1) is 0 Å². The summed E-state index contributed by atoms with van der Waals surface area (Å²) in [6.07, 6.45) is 0. The highest BCUT2D eigenvalue weighted by atomic mass is 79.9. The molecule has 58 valence electrons. The molecule has 0 aliphatic carbocycles. The molecule has 0 aromatic heterocycles. The summed E-state index contributed by atoms with van der Waals surface area (Å²) in [6.45, 7) is 1.53. The highest BCUT2D eigenvalue weighted by molar-refractivity contribution is 9.10. The SMILES string of the molecule is CC(=O)c1ccc(Br)cc1S. The maximum Gasteiger partial charge on any atom is 0.160 e. The third kappa shape index (κ3) is 2.07. The van der Waals surface area contributed by atoms with Gasteiger partial charge in [-0.25, -0.2) is 0 Å². The zero-order chi connectivity index (χ0) is 8.43. The maximum atomic E-state index is 10.9. The number of Topliss-reactive ketones (excluding diaryl/α,β-unsaturated/α-hetero) is 1. The Balaban J connectivity index is 3.20. The molecule has 1 rings (SSSR count). The molecule has 0 spiro atoms. The Morgan fingerprint density at radius 1 is 1.55 bits per heavy atom. The average molecular weight is 231 g/mol. The van der Waals surface area contributed by atoms with E-state index in [0.29, 0.717) is 10.5 Å². The van der Waals surface area contributed by atoms with Gasteiger partial charge in [0.1, 0.15) is 0 Å². The molecule has 0 aliphatic heterocycles. The van der Waals surface area contributed by atoms with Crippen molar-refractivity contribution in [2.45, 2.75) is 11.8 Å². The second-order valence-corrected chi connectivity index (χ2v) is 3.62. The first kappa shape index (κ1) is 8.81. The summed E-state index contributed by atoms with van der Waals surface area (Å²) in [4.78, 5) is 11.6. The molecule has 0 heterocycles. The summed E-state index contributed by atoms with van der Waals surface area (Å²) in [5.41, 5.74) is 0.663. The van der Waals surface area contributed by atoms with Gasteiger partial charge in [0, 0.05) is 14.9 Å². The van der Waals surface area contributed by atoms with Gasteiger partial charge in [-0.3, -0.25) is 4.79 Å². The van der Waals surface area contributed by atoms with Crippen LogP contribution in [0, 0.1) is 0 Å². The molecular weight excluding hydrogens is 224 g/mol. The lowest BCUT2D eigenvalue weighted by Crippen LogP contribution is -1.92. The summed E-state index contributed by atoms with van der Waals surface area (Å²) in [7, 11) is 0. The fourth-order valence-corrected chi connectivity index (χ4v) is 1.71. The lowest BCUT2D eigenvalue weighted by molar-refractivity contribution is 0.101. The van der Waals surface area contributed by atoms with Crippen LogP contribution in [0.5, 0.6) is 0 Å². The van der Waals surface area contributed by atoms with E-state index in [9.17, 15) is 4.79 Å². The second kappa shape index (κ2) is 3.41. The largest absolute Gasteiger partial charge is 0.294 e. The van der Waals surface area contributed by atoms with Crippen LogP contribution in [0.3, 0.4) is 0 Å². The summed E-state index contributed by atoms with van der Waals surface area (Å²) >= 11 is 7.44. The van der Waals surface area contributed by atoms with Gasteiger partial charge in [-0.15, -0.1) is 12.6 Å². The van der Waals surface area contributed by atoms with E-state index >= 15 is 0 Å². The van der Waals surface area contributed by atoms with Gasteiger partial charge in [0.2, 0.25) is 0 Å². The van der Waals surface area contributed by atoms with Crippen molar-refractivity contribution in [1.29, 1.82) is 0 Å². The van der Waals surface area contributed by atoms with E-state index in [1.165, 1.54) is 6.92 Å². The quantitative estimate of drug-likeness (QED) is 0.580. The van der Waals surface area contributed by atoms with Gasteiger partial charge < -0.3 is 0 Å². The Bertz CT molecular complexity index is 296. The topological polar surface area (TPSA) is 17.1 Å². The zero-order valence-electron chi connectivity index (χ0n) is 5.97. The molecule has 3 heteroatoms. The lowest BCUT2D eigenvalue weighted by atomic mass is 10.1. The minimum atomic E-state index is 0.0440. The molecule has 0 saturated heterocycles. The Morgan fingerprint density at radius 3 is 2.64 bits per heavy atom. The molecule has 1 aromatic rings. The van der Waals surface area contributed by atoms with Gasteiger partial charge >= 0.3 is 0 Å². The Kier molecular flexibility index (Phi) is 2.73. The molecule has 0 radical (unpaired) electrons. The van der Waals surface area contributed by atoms with Gasteiger partial charge in [-0.1, -0.05) is 15.9 Å². The number of halogens is 1. The first-order valence-electron chi connectivity index (χ1n) is 3.10. The molecule has 1 aromatic carbocycles. The van der Waals surface area contributed by atoms with Crippen LogP contribution >= 0.6 is 28.6 Å². The standard InChI is InChI=1S/C8H7BrOS/c1-5(10)7-3-2-6(9)4-8(7)11/h2-4,11H,1H3. The Labute approximate surface area is 79.3 Å². The van der Waals surface area contributed by atoms with E-state index in [1.807, 2.05) is 6.07 Å². The molecule has 0 amide bonds. The van der Waals surface area contributed by atoms with Crippen LogP contribution in [0.4, 0.5) is 0 Å². The van der Waals surface area contributed by atoms with E-state index < -0.39 is 0 Å². The summed E-state index contributed by atoms with van der Waals surface area (Å²) in [5.74, 6) is 0.0440. The fraction of sp³-hybridized carbons (Fsp3) is 0.125. The molecule has 0 fully saturated rings. The van der Waals surface area contributed by atoms with E-state index in [-0.39, 0.29) is 5.78 Å². The van der Waals surface area contributed by atoms with Crippen LogP contribution in [0.25, 0.3) is 0 Å². The number of hydrogen-bond donors (Lipinski definition) is 1. The van der Waals surface area contributed by atoms with Crippen molar-refractivity contribution in [2.75, 3.05) is 0 Å². The molecule has 0 unspecified atom stereocenters. The zero-order valence-corrected chi connectivity index (χ0v) is 8.45. The van der Waals surface area contributed by atoms with Crippen molar-refractivity contribution in [1.82, 2.24) is 0 Å². The van der Waals surface area contributed by atoms with E-state index in [1.54, 1.807) is 12.1 Å². The minimum Gasteiger partial charge on any atom is -0.294 e. The monoisotopic (exact) mass is 230 g/mol. The van der Waals surface area contributed by atoms with Crippen molar-refractivity contribution in [3.8, 4) is 0 Å². The summed E-state index contributed by atoms with van der Waals surface area (Å²) in [5, 5.41) is 0. The first-order chi connectivity index (χ1) is 5.11. The molecule has 0 saturated carbocycles. The third-order valence-corrected chi connectivity index (χ3v) is 2.20. The van der Waals surface area contributed by atoms with Gasteiger partial charge in [-0.2, -0.15) is 0 Å². The predicted molar refractivity (Wildman–Crippen MR) is 51.4 cm³/mol. The number of thiol groups is 1. The molecule has 11 heavy (non-hydrogen) atoms. The Morgan fingerprint density at radius 2 is 2.18 bits per heavy atom. The van der Waals surface area contributed by atoms with Crippen molar-refractivity contribution < 1.29 is 4.79 Å². The predicted octanol–water partition coefficient (Wildman–Crippen LogP) is 2.94. The molecule has 0 atom stereocenters. The number of carbonyl (C=O) groups is 1. The molecule has 0 aliphatic rings.